The maximum atomic E-state index is 12.1. The Morgan fingerprint density at radius 2 is 1.19 bits per heavy atom. The van der Waals surface area contributed by atoms with Crippen molar-refractivity contribution in [2.45, 2.75) is 31.2 Å². The van der Waals surface area contributed by atoms with Crippen molar-refractivity contribution in [3.8, 4) is 0 Å². The quantitative estimate of drug-likeness (QED) is 0.456. The van der Waals surface area contributed by atoms with E-state index in [1.165, 1.54) is 0 Å². The van der Waals surface area contributed by atoms with Gasteiger partial charge in [-0.1, -0.05) is 91.0 Å². The van der Waals surface area contributed by atoms with Gasteiger partial charge in [0, 0.05) is 11.3 Å². The van der Waals surface area contributed by atoms with Gasteiger partial charge in [0.05, 0.1) is 0 Å². The zero-order valence-electron chi connectivity index (χ0n) is 17.2. The van der Waals surface area contributed by atoms with Crippen LogP contribution in [0.25, 0.3) is 0 Å². The first-order chi connectivity index (χ1) is 15.2. The molecule has 5 rings (SSSR count). The van der Waals surface area contributed by atoms with Crippen LogP contribution < -0.4 is 0 Å². The van der Waals surface area contributed by atoms with Crippen molar-refractivity contribution in [3.63, 3.8) is 0 Å². The second-order valence-electron chi connectivity index (χ2n) is 8.01. The minimum Gasteiger partial charge on any atom is -0.476 e. The number of carbonyl (C=O) groups is 1. The minimum atomic E-state index is -0.958. The number of carboxylic acid groups (broad SMARTS) is 1. The van der Waals surface area contributed by atoms with E-state index < -0.39 is 11.5 Å². The molecule has 1 aliphatic carbocycles. The molecular formula is C27H24N2O2. The molecule has 0 atom stereocenters. The Kier molecular flexibility index (Phi) is 4.91. The molecule has 0 saturated carbocycles. The van der Waals surface area contributed by atoms with Gasteiger partial charge >= 0.3 is 5.97 Å². The highest BCUT2D eigenvalue weighted by molar-refractivity contribution is 5.87. The third-order valence-electron chi connectivity index (χ3n) is 6.28. The summed E-state index contributed by atoms with van der Waals surface area (Å²) in [4.78, 5) is 12.1. The highest BCUT2D eigenvalue weighted by Crippen LogP contribution is 2.43. The van der Waals surface area contributed by atoms with Crippen LogP contribution in [0.5, 0.6) is 0 Å². The van der Waals surface area contributed by atoms with Crippen molar-refractivity contribution in [2.75, 3.05) is 0 Å². The molecule has 4 nitrogen and oxygen atoms in total. The lowest BCUT2D eigenvalue weighted by molar-refractivity contribution is 0.0687. The molecular weight excluding hydrogens is 384 g/mol. The Balaban J connectivity index is 1.94. The Bertz CT molecular complexity index is 1100. The predicted molar refractivity (Wildman–Crippen MR) is 120 cm³/mol. The lowest BCUT2D eigenvalue weighted by atomic mass is 9.76. The van der Waals surface area contributed by atoms with E-state index in [2.05, 4.69) is 36.4 Å². The highest BCUT2D eigenvalue weighted by atomic mass is 16.4. The third kappa shape index (κ3) is 3.07. The maximum Gasteiger partial charge on any atom is 0.356 e. The Morgan fingerprint density at radius 3 is 1.65 bits per heavy atom. The molecule has 0 bridgehead atoms. The first-order valence-electron chi connectivity index (χ1n) is 10.7. The standard InChI is InChI=1S/C27H24N2O2/c30-26(31)25-23-18-10-11-19-24(23)29(28-25)27(20-12-4-1-5-13-20,21-14-6-2-7-15-21)22-16-8-3-9-17-22/h1-9,12-17H,10-11,18-19H2,(H,30,31). The predicted octanol–water partition coefficient (Wildman–Crippen LogP) is 5.30. The van der Waals surface area contributed by atoms with E-state index in [0.717, 1.165) is 53.6 Å². The monoisotopic (exact) mass is 408 g/mol. The topological polar surface area (TPSA) is 55.1 Å². The lowest BCUT2D eigenvalue weighted by Crippen LogP contribution is -2.40. The second-order valence-corrected chi connectivity index (χ2v) is 8.01. The number of aromatic carboxylic acids is 1. The Labute approximate surface area is 181 Å². The molecule has 0 saturated heterocycles. The molecule has 0 amide bonds. The molecule has 1 heterocycles. The van der Waals surface area contributed by atoms with E-state index in [4.69, 9.17) is 5.10 Å². The van der Waals surface area contributed by atoms with Crippen LogP contribution >= 0.6 is 0 Å². The van der Waals surface area contributed by atoms with E-state index >= 15 is 0 Å². The number of carboxylic acids is 1. The van der Waals surface area contributed by atoms with E-state index in [-0.39, 0.29) is 5.69 Å². The van der Waals surface area contributed by atoms with E-state index in [1.807, 2.05) is 59.3 Å². The van der Waals surface area contributed by atoms with Gasteiger partial charge < -0.3 is 5.11 Å². The summed E-state index contributed by atoms with van der Waals surface area (Å²) in [5.74, 6) is -0.958. The molecule has 0 spiro atoms. The SMILES string of the molecule is O=C(O)c1nn(C(c2ccccc2)(c2ccccc2)c2ccccc2)c2c1CCCC2. The number of fused-ring (bicyclic) bond motifs is 1. The average molecular weight is 409 g/mol. The largest absolute Gasteiger partial charge is 0.476 e. The first-order valence-corrected chi connectivity index (χ1v) is 10.7. The summed E-state index contributed by atoms with van der Waals surface area (Å²) in [5.41, 5.74) is 4.49. The number of hydrogen-bond donors (Lipinski definition) is 1. The van der Waals surface area contributed by atoms with Gasteiger partial charge in [0.2, 0.25) is 0 Å². The zero-order valence-corrected chi connectivity index (χ0v) is 17.2. The lowest BCUT2D eigenvalue weighted by Gasteiger charge is -2.38. The summed E-state index contributed by atoms with van der Waals surface area (Å²) in [6.45, 7) is 0. The summed E-state index contributed by atoms with van der Waals surface area (Å²) in [6.07, 6.45) is 3.61. The normalized spacial score (nSPS) is 13.5. The van der Waals surface area contributed by atoms with Crippen molar-refractivity contribution in [2.24, 2.45) is 0 Å². The fraction of sp³-hybridized carbons (Fsp3) is 0.185. The van der Waals surface area contributed by atoms with Crippen LogP contribution in [-0.2, 0) is 18.4 Å². The molecule has 0 unspecified atom stereocenters. The summed E-state index contributed by atoms with van der Waals surface area (Å²) in [7, 11) is 0. The van der Waals surface area contributed by atoms with Crippen molar-refractivity contribution in [1.82, 2.24) is 9.78 Å². The van der Waals surface area contributed by atoms with Crippen molar-refractivity contribution >= 4 is 5.97 Å². The number of hydrogen-bond acceptors (Lipinski definition) is 2. The average Bonchev–Trinajstić information content (AvgIpc) is 3.22. The van der Waals surface area contributed by atoms with Crippen molar-refractivity contribution in [1.29, 1.82) is 0 Å². The van der Waals surface area contributed by atoms with Crippen LogP contribution in [0.1, 0.15) is 51.3 Å². The minimum absolute atomic E-state index is 0.182. The molecule has 4 aromatic rings. The molecule has 0 aliphatic heterocycles. The molecule has 31 heavy (non-hydrogen) atoms. The van der Waals surface area contributed by atoms with Gasteiger partial charge in [-0.25, -0.2) is 9.48 Å². The molecule has 4 heteroatoms. The van der Waals surface area contributed by atoms with Gasteiger partial charge in [-0.05, 0) is 42.4 Å². The van der Waals surface area contributed by atoms with Gasteiger partial charge in [-0.15, -0.1) is 0 Å². The summed E-state index contributed by atoms with van der Waals surface area (Å²) in [5, 5.41) is 14.8. The summed E-state index contributed by atoms with van der Waals surface area (Å²) >= 11 is 0. The molecule has 1 N–H and O–H groups in total. The van der Waals surface area contributed by atoms with Crippen LogP contribution in [0.15, 0.2) is 91.0 Å². The van der Waals surface area contributed by atoms with E-state index in [9.17, 15) is 9.90 Å². The Hall–Kier alpha value is -3.66. The van der Waals surface area contributed by atoms with Gasteiger partial charge in [0.15, 0.2) is 5.69 Å². The van der Waals surface area contributed by atoms with Crippen LogP contribution in [0.2, 0.25) is 0 Å². The van der Waals surface area contributed by atoms with E-state index in [1.54, 1.807) is 0 Å². The zero-order chi connectivity index (χ0) is 21.3. The fourth-order valence-electron chi connectivity index (χ4n) is 4.95. The van der Waals surface area contributed by atoms with Crippen LogP contribution in [0, 0.1) is 0 Å². The molecule has 3 aromatic carbocycles. The first kappa shape index (κ1) is 19.3. The van der Waals surface area contributed by atoms with Crippen molar-refractivity contribution < 1.29 is 9.90 Å². The molecule has 1 aliphatic rings. The second kappa shape index (κ2) is 7.88. The summed E-state index contributed by atoms with van der Waals surface area (Å²) < 4.78 is 2.00. The fourth-order valence-corrected chi connectivity index (χ4v) is 4.95. The maximum absolute atomic E-state index is 12.1. The molecule has 0 fully saturated rings. The third-order valence-corrected chi connectivity index (χ3v) is 6.28. The molecule has 0 radical (unpaired) electrons. The number of benzene rings is 3. The van der Waals surface area contributed by atoms with Crippen LogP contribution in [0.3, 0.4) is 0 Å². The summed E-state index contributed by atoms with van der Waals surface area (Å²) in [6, 6.07) is 30.9. The smallest absolute Gasteiger partial charge is 0.356 e. The molecule has 154 valence electrons. The number of nitrogens with zero attached hydrogens (tertiary/aromatic N) is 2. The van der Waals surface area contributed by atoms with Gasteiger partial charge in [0.1, 0.15) is 5.54 Å². The van der Waals surface area contributed by atoms with Crippen LogP contribution in [0.4, 0.5) is 0 Å². The van der Waals surface area contributed by atoms with Gasteiger partial charge in [-0.2, -0.15) is 5.10 Å². The number of rotatable bonds is 5. The number of aromatic nitrogens is 2. The van der Waals surface area contributed by atoms with Gasteiger partial charge in [0.25, 0.3) is 0 Å². The highest BCUT2D eigenvalue weighted by Gasteiger charge is 2.42. The Morgan fingerprint density at radius 1 is 0.742 bits per heavy atom. The van der Waals surface area contributed by atoms with E-state index in [0.29, 0.717) is 0 Å². The van der Waals surface area contributed by atoms with Crippen LogP contribution in [-0.4, -0.2) is 20.9 Å². The van der Waals surface area contributed by atoms with Gasteiger partial charge in [-0.3, -0.25) is 0 Å². The molecule has 1 aromatic heterocycles. The van der Waals surface area contributed by atoms with Crippen molar-refractivity contribution in [3.05, 3.63) is 125 Å².